The molecule has 0 bridgehead atoms. The van der Waals surface area contributed by atoms with E-state index in [2.05, 4.69) is 15.4 Å². The molecule has 0 aliphatic rings. The second kappa shape index (κ2) is 5.01. The Balaban J connectivity index is 2.49. The van der Waals surface area contributed by atoms with Crippen molar-refractivity contribution in [2.75, 3.05) is 0 Å². The molecule has 0 radical (unpaired) electrons. The highest BCUT2D eigenvalue weighted by atomic mass is 15.3. The molecule has 0 aliphatic carbocycles. The van der Waals surface area contributed by atoms with Crippen LogP contribution >= 0.6 is 0 Å². The zero-order chi connectivity index (χ0) is 12.2. The molecule has 0 aliphatic heterocycles. The quantitative estimate of drug-likeness (QED) is 0.593. The molecular formula is C11H21N5. The largest absolute Gasteiger partial charge is 0.370 e. The van der Waals surface area contributed by atoms with Gasteiger partial charge in [-0.25, -0.2) is 4.99 Å². The molecule has 1 atom stereocenters. The van der Waals surface area contributed by atoms with E-state index >= 15 is 0 Å². The van der Waals surface area contributed by atoms with Gasteiger partial charge in [-0.15, -0.1) is 0 Å². The maximum Gasteiger partial charge on any atom is 0.189 e. The second-order valence-electron chi connectivity index (χ2n) is 4.97. The standard InChI is InChI=1S/C11H21N5/c1-9(8-16-7-5-6-13-16)14-10(12)15-11(2,3)4/h5-7,9H,8H2,1-4H3,(H3,12,14,15). The summed E-state index contributed by atoms with van der Waals surface area (Å²) >= 11 is 0. The molecule has 1 rings (SSSR count). The van der Waals surface area contributed by atoms with Crippen molar-refractivity contribution < 1.29 is 0 Å². The third-order valence-electron chi connectivity index (χ3n) is 1.87. The summed E-state index contributed by atoms with van der Waals surface area (Å²) in [5, 5.41) is 7.25. The second-order valence-corrected chi connectivity index (χ2v) is 4.97. The van der Waals surface area contributed by atoms with Gasteiger partial charge >= 0.3 is 0 Å². The van der Waals surface area contributed by atoms with Crippen molar-refractivity contribution in [2.45, 2.75) is 45.8 Å². The number of aromatic nitrogens is 2. The van der Waals surface area contributed by atoms with Crippen molar-refractivity contribution in [1.29, 1.82) is 0 Å². The van der Waals surface area contributed by atoms with Crippen molar-refractivity contribution >= 4 is 5.96 Å². The summed E-state index contributed by atoms with van der Waals surface area (Å²) in [5.41, 5.74) is 5.74. The predicted molar refractivity (Wildman–Crippen MR) is 66.2 cm³/mol. The van der Waals surface area contributed by atoms with Gasteiger partial charge in [-0.1, -0.05) is 0 Å². The summed E-state index contributed by atoms with van der Waals surface area (Å²) in [7, 11) is 0. The monoisotopic (exact) mass is 223 g/mol. The number of hydrogen-bond donors (Lipinski definition) is 2. The molecule has 1 unspecified atom stereocenters. The van der Waals surface area contributed by atoms with Crippen LogP contribution in [0.4, 0.5) is 0 Å². The van der Waals surface area contributed by atoms with Gasteiger partial charge < -0.3 is 11.1 Å². The molecular weight excluding hydrogens is 202 g/mol. The molecule has 3 N–H and O–H groups in total. The Morgan fingerprint density at radius 2 is 2.25 bits per heavy atom. The van der Waals surface area contributed by atoms with E-state index in [-0.39, 0.29) is 11.6 Å². The summed E-state index contributed by atoms with van der Waals surface area (Å²) in [4.78, 5) is 4.36. The molecule has 0 saturated carbocycles. The normalized spacial score (nSPS) is 14.9. The van der Waals surface area contributed by atoms with E-state index in [1.165, 1.54) is 0 Å². The molecule has 1 heterocycles. The van der Waals surface area contributed by atoms with Crippen LogP contribution in [-0.2, 0) is 6.54 Å². The van der Waals surface area contributed by atoms with E-state index in [1.807, 2.05) is 44.6 Å². The fourth-order valence-corrected chi connectivity index (χ4v) is 1.37. The van der Waals surface area contributed by atoms with Gasteiger partial charge in [0, 0.05) is 17.9 Å². The summed E-state index contributed by atoms with van der Waals surface area (Å²) in [6, 6.07) is 2.00. The van der Waals surface area contributed by atoms with Crippen LogP contribution in [0, 0.1) is 0 Å². The topological polar surface area (TPSA) is 68.2 Å². The summed E-state index contributed by atoms with van der Waals surface area (Å²) < 4.78 is 1.85. The third-order valence-corrected chi connectivity index (χ3v) is 1.87. The minimum absolute atomic E-state index is 0.0565. The number of nitrogens with two attached hydrogens (primary N) is 1. The molecule has 1 aromatic rings. The van der Waals surface area contributed by atoms with Crippen LogP contribution in [0.3, 0.4) is 0 Å². The van der Waals surface area contributed by atoms with Crippen molar-refractivity contribution in [2.24, 2.45) is 10.7 Å². The van der Waals surface area contributed by atoms with Crippen molar-refractivity contribution in [3.63, 3.8) is 0 Å². The Hall–Kier alpha value is -1.52. The molecule has 16 heavy (non-hydrogen) atoms. The van der Waals surface area contributed by atoms with E-state index in [9.17, 15) is 0 Å². The zero-order valence-corrected chi connectivity index (χ0v) is 10.4. The molecule has 5 heteroatoms. The van der Waals surface area contributed by atoms with Gasteiger partial charge in [0.15, 0.2) is 5.96 Å². The highest BCUT2D eigenvalue weighted by molar-refractivity contribution is 5.78. The minimum atomic E-state index is -0.0565. The number of rotatable bonds is 3. The average Bonchev–Trinajstić information content (AvgIpc) is 2.51. The number of aliphatic imine (C=N–C) groups is 1. The maximum atomic E-state index is 5.80. The molecule has 0 amide bonds. The van der Waals surface area contributed by atoms with Crippen LogP contribution in [-0.4, -0.2) is 27.3 Å². The average molecular weight is 223 g/mol. The van der Waals surface area contributed by atoms with Gasteiger partial charge in [0.2, 0.25) is 0 Å². The first-order valence-electron chi connectivity index (χ1n) is 5.46. The third kappa shape index (κ3) is 4.82. The minimum Gasteiger partial charge on any atom is -0.370 e. The lowest BCUT2D eigenvalue weighted by atomic mass is 10.1. The summed E-state index contributed by atoms with van der Waals surface area (Å²) in [5.74, 6) is 0.479. The lowest BCUT2D eigenvalue weighted by Crippen LogP contribution is -2.45. The van der Waals surface area contributed by atoms with Crippen LogP contribution in [0.5, 0.6) is 0 Å². The van der Waals surface area contributed by atoms with Gasteiger partial charge in [-0.3, -0.25) is 4.68 Å². The molecule has 90 valence electrons. The Morgan fingerprint density at radius 1 is 1.56 bits per heavy atom. The molecule has 0 saturated heterocycles. The summed E-state index contributed by atoms with van der Waals surface area (Å²) in [6.45, 7) is 8.90. The Bertz CT molecular complexity index is 334. The fourth-order valence-electron chi connectivity index (χ4n) is 1.37. The van der Waals surface area contributed by atoms with E-state index in [0.29, 0.717) is 5.96 Å². The molecule has 1 aromatic heterocycles. The van der Waals surface area contributed by atoms with E-state index < -0.39 is 0 Å². The first-order chi connectivity index (χ1) is 7.37. The maximum absolute atomic E-state index is 5.80. The van der Waals surface area contributed by atoms with Crippen molar-refractivity contribution in [3.8, 4) is 0 Å². The smallest absolute Gasteiger partial charge is 0.189 e. The van der Waals surface area contributed by atoms with Crippen molar-refractivity contribution in [1.82, 2.24) is 15.1 Å². The number of nitrogens with one attached hydrogen (secondary N) is 1. The van der Waals surface area contributed by atoms with Gasteiger partial charge in [0.05, 0.1) is 12.6 Å². The van der Waals surface area contributed by atoms with Gasteiger partial charge in [0.1, 0.15) is 0 Å². The lowest BCUT2D eigenvalue weighted by molar-refractivity contribution is 0.498. The van der Waals surface area contributed by atoms with Gasteiger partial charge in [0.25, 0.3) is 0 Å². The van der Waals surface area contributed by atoms with E-state index in [0.717, 1.165) is 6.54 Å². The fraction of sp³-hybridized carbons (Fsp3) is 0.636. The first-order valence-corrected chi connectivity index (χ1v) is 5.46. The van der Waals surface area contributed by atoms with Crippen LogP contribution in [0.25, 0.3) is 0 Å². The lowest BCUT2D eigenvalue weighted by Gasteiger charge is -2.21. The van der Waals surface area contributed by atoms with Gasteiger partial charge in [-0.05, 0) is 33.8 Å². The zero-order valence-electron chi connectivity index (χ0n) is 10.4. The van der Waals surface area contributed by atoms with Crippen LogP contribution < -0.4 is 11.1 Å². The van der Waals surface area contributed by atoms with Crippen LogP contribution in [0.15, 0.2) is 23.5 Å². The molecule has 0 spiro atoms. The summed E-state index contributed by atoms with van der Waals surface area (Å²) in [6.07, 6.45) is 3.67. The highest BCUT2D eigenvalue weighted by Crippen LogP contribution is 1.99. The highest BCUT2D eigenvalue weighted by Gasteiger charge is 2.10. The van der Waals surface area contributed by atoms with Crippen LogP contribution in [0.2, 0.25) is 0 Å². The van der Waals surface area contributed by atoms with E-state index in [1.54, 1.807) is 6.20 Å². The van der Waals surface area contributed by atoms with Crippen molar-refractivity contribution in [3.05, 3.63) is 18.5 Å². The molecule has 5 nitrogen and oxygen atoms in total. The number of guanidine groups is 1. The number of nitrogens with zero attached hydrogens (tertiary/aromatic N) is 3. The number of hydrogen-bond acceptors (Lipinski definition) is 2. The Morgan fingerprint density at radius 3 is 2.75 bits per heavy atom. The Kier molecular flexibility index (Phi) is 3.93. The van der Waals surface area contributed by atoms with Gasteiger partial charge in [-0.2, -0.15) is 5.10 Å². The molecule has 0 fully saturated rings. The SMILES string of the molecule is CC(Cn1cccn1)N=C(N)NC(C)(C)C. The predicted octanol–water partition coefficient (Wildman–Crippen LogP) is 0.974. The molecule has 0 aromatic carbocycles. The van der Waals surface area contributed by atoms with E-state index in [4.69, 9.17) is 5.73 Å². The Labute approximate surface area is 96.7 Å². The van der Waals surface area contributed by atoms with Crippen LogP contribution in [0.1, 0.15) is 27.7 Å². The first kappa shape index (κ1) is 12.5.